The molecule has 2 aromatic carbocycles. The lowest BCUT2D eigenvalue weighted by molar-refractivity contribution is -0.116. The van der Waals surface area contributed by atoms with Crippen molar-refractivity contribution < 1.29 is 19.0 Å². The first kappa shape index (κ1) is 23.2. The van der Waals surface area contributed by atoms with Gasteiger partial charge in [-0.05, 0) is 56.2 Å². The normalized spacial score (nSPS) is 15.1. The van der Waals surface area contributed by atoms with Gasteiger partial charge in [-0.3, -0.25) is 4.79 Å². The van der Waals surface area contributed by atoms with Gasteiger partial charge in [-0.1, -0.05) is 24.3 Å². The number of nitrogens with zero attached hydrogens (tertiary/aromatic N) is 3. The number of aryl methyl sites for hydroxylation is 1. The largest absolute Gasteiger partial charge is 0.494 e. The summed E-state index contributed by atoms with van der Waals surface area (Å²) < 4.78 is 19.8. The molecule has 1 amide bonds. The molecule has 0 aliphatic carbocycles. The Balaban J connectivity index is 1.56. The highest BCUT2D eigenvalue weighted by Gasteiger charge is 2.33. The highest BCUT2D eigenvalue weighted by Crippen LogP contribution is 2.43. The minimum absolute atomic E-state index is 0.0614. The number of anilines is 1. The Morgan fingerprint density at radius 1 is 1.14 bits per heavy atom. The molecule has 4 aromatic rings. The third-order valence-electron chi connectivity index (χ3n) is 6.00. The number of hydrogen-bond acceptors (Lipinski definition) is 7. The van der Waals surface area contributed by atoms with E-state index in [9.17, 15) is 4.79 Å². The number of ether oxygens (including phenoxy) is 3. The maximum absolute atomic E-state index is 12.8. The van der Waals surface area contributed by atoms with Crippen LogP contribution in [0.15, 0.2) is 36.4 Å². The van der Waals surface area contributed by atoms with E-state index in [0.29, 0.717) is 42.1 Å². The number of benzene rings is 2. The van der Waals surface area contributed by atoms with E-state index in [1.165, 1.54) is 11.3 Å². The first-order valence-corrected chi connectivity index (χ1v) is 12.6. The predicted octanol–water partition coefficient (Wildman–Crippen LogP) is 5.46. The fourth-order valence-corrected chi connectivity index (χ4v) is 5.39. The van der Waals surface area contributed by atoms with Crippen molar-refractivity contribution in [1.29, 1.82) is 0 Å². The first-order chi connectivity index (χ1) is 17.0. The van der Waals surface area contributed by atoms with Gasteiger partial charge >= 0.3 is 0 Å². The monoisotopic (exact) mass is 492 g/mol. The molecule has 1 N–H and O–H groups in total. The molecule has 1 aliphatic heterocycles. The summed E-state index contributed by atoms with van der Waals surface area (Å²) in [5.74, 6) is 2.62. The summed E-state index contributed by atoms with van der Waals surface area (Å²) in [7, 11) is 1.63. The number of carbonyl (C=O) groups is 1. The number of methoxy groups -OCH3 is 1. The molecule has 2 aromatic heterocycles. The molecule has 0 fully saturated rings. The number of hydrogen-bond donors (Lipinski definition) is 1. The quantitative estimate of drug-likeness (QED) is 0.351. The van der Waals surface area contributed by atoms with Gasteiger partial charge in [-0.2, -0.15) is 9.78 Å². The molecule has 0 bridgehead atoms. The SMILES string of the molecule is CCCOc1ccc([C@H]2CC(=O)Nc3c2c(C)nn3-c2nc3ccc(OCC)cc3s2)cc1OC. The maximum atomic E-state index is 12.8. The molecule has 35 heavy (non-hydrogen) atoms. The van der Waals surface area contributed by atoms with Crippen LogP contribution < -0.4 is 19.5 Å². The van der Waals surface area contributed by atoms with Gasteiger partial charge in [0.15, 0.2) is 11.5 Å². The van der Waals surface area contributed by atoms with Crippen LogP contribution in [0, 0.1) is 6.92 Å². The van der Waals surface area contributed by atoms with Gasteiger partial charge in [0.05, 0.1) is 36.2 Å². The minimum atomic E-state index is -0.152. The molecular formula is C26H28N4O4S. The van der Waals surface area contributed by atoms with Crippen molar-refractivity contribution in [3.8, 4) is 22.4 Å². The van der Waals surface area contributed by atoms with E-state index in [4.69, 9.17) is 24.3 Å². The van der Waals surface area contributed by atoms with E-state index in [-0.39, 0.29) is 11.8 Å². The lowest BCUT2D eigenvalue weighted by atomic mass is 9.85. The van der Waals surface area contributed by atoms with Crippen molar-refractivity contribution in [1.82, 2.24) is 14.8 Å². The van der Waals surface area contributed by atoms with Gasteiger partial charge in [-0.25, -0.2) is 4.98 Å². The van der Waals surface area contributed by atoms with Crippen molar-refractivity contribution in [3.05, 3.63) is 53.2 Å². The number of carbonyl (C=O) groups excluding carboxylic acids is 1. The average molecular weight is 493 g/mol. The van der Waals surface area contributed by atoms with E-state index in [1.807, 2.05) is 50.2 Å². The third kappa shape index (κ3) is 4.32. The molecule has 9 heteroatoms. The van der Waals surface area contributed by atoms with Crippen LogP contribution in [0.4, 0.5) is 5.82 Å². The zero-order valence-electron chi connectivity index (χ0n) is 20.3. The second-order valence-electron chi connectivity index (χ2n) is 8.38. The molecular weight excluding hydrogens is 464 g/mol. The first-order valence-electron chi connectivity index (χ1n) is 11.8. The molecule has 0 saturated heterocycles. The van der Waals surface area contributed by atoms with Crippen LogP contribution in [-0.4, -0.2) is 41.0 Å². The zero-order chi connectivity index (χ0) is 24.5. The predicted molar refractivity (Wildman–Crippen MR) is 137 cm³/mol. The van der Waals surface area contributed by atoms with Crippen molar-refractivity contribution in [2.75, 3.05) is 25.6 Å². The molecule has 0 saturated carbocycles. The lowest BCUT2D eigenvalue weighted by Gasteiger charge is -2.24. The summed E-state index contributed by atoms with van der Waals surface area (Å²) in [5, 5.41) is 8.52. The molecule has 5 rings (SSSR count). The van der Waals surface area contributed by atoms with Crippen molar-refractivity contribution in [2.45, 2.75) is 39.5 Å². The van der Waals surface area contributed by atoms with Gasteiger partial charge in [0.1, 0.15) is 11.6 Å². The summed E-state index contributed by atoms with van der Waals surface area (Å²) >= 11 is 1.51. The van der Waals surface area contributed by atoms with Gasteiger partial charge in [0.25, 0.3) is 0 Å². The highest BCUT2D eigenvalue weighted by atomic mass is 32.1. The van der Waals surface area contributed by atoms with Crippen LogP contribution in [0.1, 0.15) is 49.4 Å². The fraction of sp³-hybridized carbons (Fsp3) is 0.346. The van der Waals surface area contributed by atoms with Crippen LogP contribution in [0.2, 0.25) is 0 Å². The van der Waals surface area contributed by atoms with Crippen molar-refractivity contribution in [3.63, 3.8) is 0 Å². The number of fused-ring (bicyclic) bond motifs is 2. The summed E-state index contributed by atoms with van der Waals surface area (Å²) in [5.41, 5.74) is 3.68. The topological polar surface area (TPSA) is 87.5 Å². The van der Waals surface area contributed by atoms with Crippen LogP contribution >= 0.6 is 11.3 Å². The molecule has 3 heterocycles. The molecule has 0 unspecified atom stereocenters. The van der Waals surface area contributed by atoms with Crippen molar-refractivity contribution >= 4 is 33.3 Å². The third-order valence-corrected chi connectivity index (χ3v) is 6.99. The Kier molecular flexibility index (Phi) is 6.34. The molecule has 0 spiro atoms. The molecule has 182 valence electrons. The van der Waals surface area contributed by atoms with Gasteiger partial charge in [0.2, 0.25) is 11.0 Å². The summed E-state index contributed by atoms with van der Waals surface area (Å²) in [6.07, 6.45) is 1.24. The Morgan fingerprint density at radius 3 is 2.77 bits per heavy atom. The van der Waals surface area contributed by atoms with Crippen LogP contribution in [-0.2, 0) is 4.79 Å². The van der Waals surface area contributed by atoms with E-state index < -0.39 is 0 Å². The average Bonchev–Trinajstić information content (AvgIpc) is 3.42. The smallest absolute Gasteiger partial charge is 0.226 e. The van der Waals surface area contributed by atoms with E-state index in [2.05, 4.69) is 12.2 Å². The van der Waals surface area contributed by atoms with Gasteiger partial charge in [-0.15, -0.1) is 0 Å². The number of aromatic nitrogens is 3. The Morgan fingerprint density at radius 2 is 2.00 bits per heavy atom. The van der Waals surface area contributed by atoms with Crippen molar-refractivity contribution in [2.24, 2.45) is 0 Å². The highest BCUT2D eigenvalue weighted by molar-refractivity contribution is 7.20. The standard InChI is InChI=1S/C26H28N4O4S/c1-5-11-34-20-10-7-16(12-21(20)32-4)18-14-23(31)28-25-24(18)15(3)29-30(25)26-27-19-9-8-17(33-6-2)13-22(19)35-26/h7-10,12-13,18H,5-6,11,14H2,1-4H3,(H,28,31)/t18-/m1/s1. The maximum Gasteiger partial charge on any atom is 0.226 e. The van der Waals surface area contributed by atoms with E-state index >= 15 is 0 Å². The van der Waals surface area contributed by atoms with E-state index in [0.717, 1.165) is 39.2 Å². The summed E-state index contributed by atoms with van der Waals surface area (Å²) in [4.78, 5) is 17.6. The Bertz CT molecular complexity index is 1390. The minimum Gasteiger partial charge on any atom is -0.494 e. The second-order valence-corrected chi connectivity index (χ2v) is 9.39. The Hall–Kier alpha value is -3.59. The summed E-state index contributed by atoms with van der Waals surface area (Å²) in [6, 6.07) is 11.7. The number of nitrogens with one attached hydrogen (secondary N) is 1. The van der Waals surface area contributed by atoms with Crippen LogP contribution in [0.3, 0.4) is 0 Å². The molecule has 0 radical (unpaired) electrons. The van der Waals surface area contributed by atoms with E-state index in [1.54, 1.807) is 11.8 Å². The molecule has 1 aliphatic rings. The number of rotatable bonds is 8. The number of thiazole rings is 1. The molecule has 8 nitrogen and oxygen atoms in total. The van der Waals surface area contributed by atoms with Gasteiger partial charge < -0.3 is 19.5 Å². The zero-order valence-corrected chi connectivity index (χ0v) is 21.1. The lowest BCUT2D eigenvalue weighted by Crippen LogP contribution is -2.25. The molecule has 1 atom stereocenters. The summed E-state index contributed by atoms with van der Waals surface area (Å²) in [6.45, 7) is 7.21. The fourth-order valence-electron chi connectivity index (χ4n) is 4.44. The second kappa shape index (κ2) is 9.58. The number of amides is 1. The van der Waals surface area contributed by atoms with Crippen LogP contribution in [0.25, 0.3) is 15.3 Å². The van der Waals surface area contributed by atoms with Gasteiger partial charge in [0, 0.05) is 17.9 Å². The Labute approximate surface area is 207 Å². The van der Waals surface area contributed by atoms with Crippen LogP contribution in [0.5, 0.6) is 17.2 Å².